The van der Waals surface area contributed by atoms with Crippen molar-refractivity contribution in [2.24, 2.45) is 5.41 Å². The van der Waals surface area contributed by atoms with Crippen LogP contribution in [0.3, 0.4) is 0 Å². The van der Waals surface area contributed by atoms with Crippen LogP contribution >= 0.6 is 15.9 Å². The molecule has 0 atom stereocenters. The molecule has 3 N–H and O–H groups in total. The molecule has 2 aromatic rings. The summed E-state index contributed by atoms with van der Waals surface area (Å²) in [7, 11) is 0. The minimum absolute atomic E-state index is 0.0989. The molecule has 3 rings (SSSR count). The van der Waals surface area contributed by atoms with Crippen LogP contribution in [-0.4, -0.2) is 41.7 Å². The second-order valence-corrected chi connectivity index (χ2v) is 6.60. The Morgan fingerprint density at radius 2 is 2.09 bits per heavy atom. The van der Waals surface area contributed by atoms with Crippen LogP contribution in [-0.2, 0) is 9.53 Å². The summed E-state index contributed by atoms with van der Waals surface area (Å²) in [6, 6.07) is 5.63. The van der Waals surface area contributed by atoms with Crippen LogP contribution in [0.5, 0.6) is 0 Å². The number of aromatic amines is 1. The lowest BCUT2D eigenvalue weighted by molar-refractivity contribution is -0.154. The normalized spacial score (nSPS) is 17.1. The van der Waals surface area contributed by atoms with E-state index in [0.29, 0.717) is 31.6 Å². The molecule has 1 amide bonds. The summed E-state index contributed by atoms with van der Waals surface area (Å²) in [6.07, 6.45) is 2.45. The zero-order valence-corrected chi connectivity index (χ0v) is 14.0. The third-order valence-electron chi connectivity index (χ3n) is 4.39. The second-order valence-electron chi connectivity index (χ2n) is 5.75. The maximum atomic E-state index is 12.5. The lowest BCUT2D eigenvalue weighted by Crippen LogP contribution is -2.46. The predicted molar refractivity (Wildman–Crippen MR) is 88.5 cm³/mol. The van der Waals surface area contributed by atoms with Crippen LogP contribution in [0.15, 0.2) is 28.9 Å². The quantitative estimate of drug-likeness (QED) is 0.759. The molecule has 0 saturated carbocycles. The number of aromatic nitrogens is 1. The fourth-order valence-electron chi connectivity index (χ4n) is 2.89. The van der Waals surface area contributed by atoms with Crippen molar-refractivity contribution >= 4 is 38.7 Å². The Morgan fingerprint density at radius 1 is 1.35 bits per heavy atom. The first-order valence-electron chi connectivity index (χ1n) is 7.38. The van der Waals surface area contributed by atoms with Gasteiger partial charge in [0.2, 0.25) is 0 Å². The van der Waals surface area contributed by atoms with Crippen LogP contribution in [0.1, 0.15) is 23.2 Å². The molecule has 0 aliphatic carbocycles. The standard InChI is InChI=1S/C16H17BrN2O4/c17-11-2-1-3-12-13(11)10(8-18-12)14(20)19-9-16(15(21)22)4-6-23-7-5-16/h1-3,8,18H,4-7,9H2,(H,19,20)(H,21,22). The van der Waals surface area contributed by atoms with E-state index in [2.05, 4.69) is 26.2 Å². The molecular weight excluding hydrogens is 364 g/mol. The number of fused-ring (bicyclic) bond motifs is 1. The third kappa shape index (κ3) is 2.98. The van der Waals surface area contributed by atoms with Crippen molar-refractivity contribution in [3.05, 3.63) is 34.4 Å². The van der Waals surface area contributed by atoms with Crippen molar-refractivity contribution < 1.29 is 19.4 Å². The molecule has 122 valence electrons. The van der Waals surface area contributed by atoms with Crippen molar-refractivity contribution in [1.82, 2.24) is 10.3 Å². The number of amides is 1. The lowest BCUT2D eigenvalue weighted by Gasteiger charge is -2.33. The molecule has 0 unspecified atom stereocenters. The number of aliphatic carboxylic acids is 1. The predicted octanol–water partition coefficient (Wildman–Crippen LogP) is 2.54. The first-order valence-corrected chi connectivity index (χ1v) is 8.18. The fourth-order valence-corrected chi connectivity index (χ4v) is 3.47. The Kier molecular flexibility index (Phi) is 4.41. The molecule has 1 aliphatic rings. The molecule has 0 spiro atoms. The Bertz CT molecular complexity index is 750. The molecule has 1 aromatic heterocycles. The number of carboxylic acid groups (broad SMARTS) is 1. The van der Waals surface area contributed by atoms with Crippen molar-refractivity contribution in [3.63, 3.8) is 0 Å². The number of carboxylic acids is 1. The zero-order chi connectivity index (χ0) is 16.4. The van der Waals surface area contributed by atoms with E-state index in [-0.39, 0.29) is 12.5 Å². The lowest BCUT2D eigenvalue weighted by atomic mass is 9.80. The fraction of sp³-hybridized carbons (Fsp3) is 0.375. The zero-order valence-electron chi connectivity index (χ0n) is 12.4. The van der Waals surface area contributed by atoms with Gasteiger partial charge in [-0.1, -0.05) is 22.0 Å². The molecule has 1 aliphatic heterocycles. The summed E-state index contributed by atoms with van der Waals surface area (Å²) in [5, 5.41) is 13.1. The van der Waals surface area contributed by atoms with Gasteiger partial charge >= 0.3 is 5.97 Å². The number of ether oxygens (including phenoxy) is 1. The molecule has 1 fully saturated rings. The van der Waals surface area contributed by atoms with Crippen LogP contribution < -0.4 is 5.32 Å². The van der Waals surface area contributed by atoms with Crippen molar-refractivity contribution in [2.45, 2.75) is 12.8 Å². The maximum Gasteiger partial charge on any atom is 0.311 e. The minimum Gasteiger partial charge on any atom is -0.481 e. The smallest absolute Gasteiger partial charge is 0.311 e. The molecule has 2 heterocycles. The number of hydrogen-bond donors (Lipinski definition) is 3. The number of H-pyrrole nitrogens is 1. The van der Waals surface area contributed by atoms with E-state index in [1.165, 1.54) is 0 Å². The third-order valence-corrected chi connectivity index (χ3v) is 5.05. The van der Waals surface area contributed by atoms with E-state index < -0.39 is 11.4 Å². The molecule has 6 nitrogen and oxygen atoms in total. The summed E-state index contributed by atoms with van der Waals surface area (Å²) >= 11 is 3.45. The van der Waals surface area contributed by atoms with Crippen LogP contribution in [0.25, 0.3) is 10.9 Å². The van der Waals surface area contributed by atoms with Crippen molar-refractivity contribution in [1.29, 1.82) is 0 Å². The summed E-state index contributed by atoms with van der Waals surface area (Å²) in [5.41, 5.74) is 0.403. The van der Waals surface area contributed by atoms with Gasteiger partial charge in [-0.2, -0.15) is 0 Å². The van der Waals surface area contributed by atoms with Gasteiger partial charge in [-0.25, -0.2) is 0 Å². The van der Waals surface area contributed by atoms with Gasteiger partial charge in [-0.3, -0.25) is 9.59 Å². The Balaban J connectivity index is 1.79. The van der Waals surface area contributed by atoms with Gasteiger partial charge in [0.25, 0.3) is 5.91 Å². The minimum atomic E-state index is -0.947. The van der Waals surface area contributed by atoms with Gasteiger partial charge < -0.3 is 20.1 Å². The number of benzene rings is 1. The first kappa shape index (κ1) is 16.0. The molecule has 1 saturated heterocycles. The summed E-state index contributed by atoms with van der Waals surface area (Å²) < 4.78 is 6.06. The van der Waals surface area contributed by atoms with Gasteiger partial charge in [-0.05, 0) is 25.0 Å². The van der Waals surface area contributed by atoms with Crippen LogP contribution in [0, 0.1) is 5.41 Å². The maximum absolute atomic E-state index is 12.5. The van der Waals surface area contributed by atoms with Gasteiger partial charge in [-0.15, -0.1) is 0 Å². The molecular formula is C16H17BrN2O4. The van der Waals surface area contributed by atoms with Gasteiger partial charge in [0.05, 0.1) is 11.0 Å². The van der Waals surface area contributed by atoms with E-state index >= 15 is 0 Å². The summed E-state index contributed by atoms with van der Waals surface area (Å²) in [5.74, 6) is -1.17. The van der Waals surface area contributed by atoms with Crippen molar-refractivity contribution in [3.8, 4) is 0 Å². The average molecular weight is 381 g/mol. The highest BCUT2D eigenvalue weighted by atomic mass is 79.9. The topological polar surface area (TPSA) is 91.4 Å². The SMILES string of the molecule is O=C(NCC1(C(=O)O)CCOCC1)c1c[nH]c2cccc(Br)c12. The molecule has 1 aromatic carbocycles. The second kappa shape index (κ2) is 6.33. The average Bonchev–Trinajstić information content (AvgIpc) is 2.99. The highest BCUT2D eigenvalue weighted by Gasteiger charge is 2.40. The highest BCUT2D eigenvalue weighted by Crippen LogP contribution is 2.31. The Labute approximate surface area is 141 Å². The van der Waals surface area contributed by atoms with Crippen LogP contribution in [0.2, 0.25) is 0 Å². The molecule has 7 heteroatoms. The molecule has 23 heavy (non-hydrogen) atoms. The summed E-state index contributed by atoms with van der Waals surface area (Å²) in [4.78, 5) is 27.2. The number of nitrogens with one attached hydrogen (secondary N) is 2. The molecule has 0 radical (unpaired) electrons. The summed E-state index contributed by atoms with van der Waals surface area (Å²) in [6.45, 7) is 0.906. The molecule has 0 bridgehead atoms. The van der Waals surface area contributed by atoms with E-state index in [0.717, 1.165) is 15.4 Å². The van der Waals surface area contributed by atoms with Gasteiger partial charge in [0, 0.05) is 41.3 Å². The van der Waals surface area contributed by atoms with E-state index in [9.17, 15) is 14.7 Å². The van der Waals surface area contributed by atoms with Crippen molar-refractivity contribution in [2.75, 3.05) is 19.8 Å². The highest BCUT2D eigenvalue weighted by molar-refractivity contribution is 9.10. The van der Waals surface area contributed by atoms with E-state index in [1.54, 1.807) is 6.20 Å². The van der Waals surface area contributed by atoms with Gasteiger partial charge in [0.15, 0.2) is 0 Å². The number of halogens is 1. The van der Waals surface area contributed by atoms with Gasteiger partial charge in [0.1, 0.15) is 0 Å². The monoisotopic (exact) mass is 380 g/mol. The van der Waals surface area contributed by atoms with E-state index in [1.807, 2.05) is 18.2 Å². The largest absolute Gasteiger partial charge is 0.481 e. The van der Waals surface area contributed by atoms with Crippen LogP contribution in [0.4, 0.5) is 0 Å². The number of rotatable bonds is 4. The number of carbonyl (C=O) groups is 2. The Morgan fingerprint density at radius 3 is 2.78 bits per heavy atom. The number of hydrogen-bond acceptors (Lipinski definition) is 3. The number of carbonyl (C=O) groups excluding carboxylic acids is 1. The first-order chi connectivity index (χ1) is 11.0. The Hall–Kier alpha value is -1.86. The van der Waals surface area contributed by atoms with E-state index in [4.69, 9.17) is 4.74 Å².